The summed E-state index contributed by atoms with van der Waals surface area (Å²) >= 11 is 0. The number of hydrogen-bond acceptors (Lipinski definition) is 3. The van der Waals surface area contributed by atoms with Crippen molar-refractivity contribution in [2.75, 3.05) is 13.2 Å². The van der Waals surface area contributed by atoms with Gasteiger partial charge in [0.1, 0.15) is 6.61 Å². The lowest BCUT2D eigenvalue weighted by Crippen LogP contribution is -2.32. The van der Waals surface area contributed by atoms with Crippen molar-refractivity contribution < 1.29 is 27.4 Å². The lowest BCUT2D eigenvalue weighted by atomic mass is 10.3. The molecule has 0 radical (unpaired) electrons. The van der Waals surface area contributed by atoms with Crippen molar-refractivity contribution in [3.05, 3.63) is 12.2 Å². The maximum Gasteiger partial charge on any atom is 0.414 e. The Kier molecular flexibility index (Phi) is 6.10. The van der Waals surface area contributed by atoms with Crippen LogP contribution >= 0.6 is 0 Å². The van der Waals surface area contributed by atoms with Crippen LogP contribution in [0.5, 0.6) is 0 Å². The lowest BCUT2D eigenvalue weighted by Gasteiger charge is -2.18. The summed E-state index contributed by atoms with van der Waals surface area (Å²) in [6, 6.07) is 0. The largest absolute Gasteiger partial charge is 0.460 e. The quantitative estimate of drug-likeness (QED) is 0.406. The molecular weight excluding hydrogens is 225 g/mol. The minimum absolute atomic E-state index is 0.169. The number of alkyl halides is 3. The molecule has 0 aliphatic carbocycles. The number of hydrogen-bond donors (Lipinski definition) is 0. The first-order valence-corrected chi connectivity index (χ1v) is 4.80. The van der Waals surface area contributed by atoms with Crippen LogP contribution in [0.4, 0.5) is 13.2 Å². The molecule has 0 heterocycles. The molecule has 94 valence electrons. The van der Waals surface area contributed by atoms with Gasteiger partial charge in [0.2, 0.25) is 0 Å². The molecule has 0 aromatic rings. The second kappa shape index (κ2) is 6.52. The van der Waals surface area contributed by atoms with Crippen LogP contribution in [0.3, 0.4) is 0 Å². The van der Waals surface area contributed by atoms with E-state index in [9.17, 15) is 18.0 Å². The first kappa shape index (κ1) is 15.0. The summed E-state index contributed by atoms with van der Waals surface area (Å²) in [5.41, 5.74) is 0.197. The van der Waals surface area contributed by atoms with Gasteiger partial charge in [-0.25, -0.2) is 4.79 Å². The molecule has 6 heteroatoms. The van der Waals surface area contributed by atoms with E-state index in [1.54, 1.807) is 0 Å². The van der Waals surface area contributed by atoms with E-state index in [1.807, 2.05) is 0 Å². The highest BCUT2D eigenvalue weighted by molar-refractivity contribution is 5.86. The molecule has 0 rings (SSSR count). The molecule has 0 aromatic carbocycles. The van der Waals surface area contributed by atoms with Gasteiger partial charge in [0.15, 0.2) is 6.10 Å². The summed E-state index contributed by atoms with van der Waals surface area (Å²) in [5.74, 6) is -0.636. The summed E-state index contributed by atoms with van der Waals surface area (Å²) in [7, 11) is 0. The fourth-order valence-electron chi connectivity index (χ4n) is 0.892. The standard InChI is InChI=1S/C10H15F3O3/c1-4-8(10(11,12)13)15-5-6-16-9(14)7(2)3/h8H,2,4-6H2,1,3H3. The molecule has 0 saturated carbocycles. The Morgan fingerprint density at radius 1 is 1.38 bits per heavy atom. The van der Waals surface area contributed by atoms with Crippen molar-refractivity contribution in [1.29, 1.82) is 0 Å². The minimum Gasteiger partial charge on any atom is -0.460 e. The fraction of sp³-hybridized carbons (Fsp3) is 0.700. The molecule has 16 heavy (non-hydrogen) atoms. The zero-order valence-corrected chi connectivity index (χ0v) is 9.26. The third kappa shape index (κ3) is 5.75. The van der Waals surface area contributed by atoms with Gasteiger partial charge in [0.05, 0.1) is 6.61 Å². The first-order chi connectivity index (χ1) is 7.29. The van der Waals surface area contributed by atoms with Crippen molar-refractivity contribution in [2.24, 2.45) is 0 Å². The molecule has 0 aliphatic rings. The van der Waals surface area contributed by atoms with Crippen molar-refractivity contribution in [1.82, 2.24) is 0 Å². The molecule has 0 amide bonds. The highest BCUT2D eigenvalue weighted by atomic mass is 19.4. The molecule has 0 aliphatic heterocycles. The number of carbonyl (C=O) groups excluding carboxylic acids is 1. The van der Waals surface area contributed by atoms with Crippen LogP contribution in [0.15, 0.2) is 12.2 Å². The van der Waals surface area contributed by atoms with E-state index in [0.717, 1.165) is 0 Å². The van der Waals surface area contributed by atoms with Crippen LogP contribution in [0.1, 0.15) is 20.3 Å². The third-order valence-electron chi connectivity index (χ3n) is 1.72. The number of halogens is 3. The Balaban J connectivity index is 3.81. The van der Waals surface area contributed by atoms with Gasteiger partial charge in [0, 0.05) is 5.57 Å². The Bertz CT molecular complexity index is 248. The normalized spacial score (nSPS) is 13.3. The number of esters is 1. The molecule has 0 spiro atoms. The predicted octanol–water partition coefficient (Wildman–Crippen LogP) is 2.46. The van der Waals surface area contributed by atoms with E-state index < -0.39 is 18.2 Å². The van der Waals surface area contributed by atoms with Crippen molar-refractivity contribution in [2.45, 2.75) is 32.5 Å². The van der Waals surface area contributed by atoms with Gasteiger partial charge in [-0.05, 0) is 13.3 Å². The van der Waals surface area contributed by atoms with Gasteiger partial charge in [-0.1, -0.05) is 13.5 Å². The topological polar surface area (TPSA) is 35.5 Å². The maximum absolute atomic E-state index is 12.2. The average Bonchev–Trinajstić information content (AvgIpc) is 2.15. The molecule has 0 saturated heterocycles. The van der Waals surface area contributed by atoms with Crippen LogP contribution in [0.2, 0.25) is 0 Å². The van der Waals surface area contributed by atoms with Crippen molar-refractivity contribution in [3.8, 4) is 0 Å². The molecule has 1 atom stereocenters. The molecule has 0 fully saturated rings. The second-order valence-corrected chi connectivity index (χ2v) is 3.23. The summed E-state index contributed by atoms with van der Waals surface area (Å²) in [4.78, 5) is 10.9. The van der Waals surface area contributed by atoms with Gasteiger partial charge in [-0.15, -0.1) is 0 Å². The highest BCUT2D eigenvalue weighted by Crippen LogP contribution is 2.24. The van der Waals surface area contributed by atoms with Crippen LogP contribution in [0, 0.1) is 0 Å². The summed E-state index contributed by atoms with van der Waals surface area (Å²) in [6.45, 7) is 5.66. The Hall–Kier alpha value is -1.04. The summed E-state index contributed by atoms with van der Waals surface area (Å²) < 4.78 is 45.7. The van der Waals surface area contributed by atoms with Crippen molar-refractivity contribution in [3.63, 3.8) is 0 Å². The van der Waals surface area contributed by atoms with E-state index >= 15 is 0 Å². The van der Waals surface area contributed by atoms with Gasteiger partial charge in [-0.2, -0.15) is 13.2 Å². The number of rotatable bonds is 6. The molecule has 0 bridgehead atoms. The monoisotopic (exact) mass is 240 g/mol. The SMILES string of the molecule is C=C(C)C(=O)OCCOC(CC)C(F)(F)F. The average molecular weight is 240 g/mol. The lowest BCUT2D eigenvalue weighted by molar-refractivity contribution is -0.223. The van der Waals surface area contributed by atoms with E-state index in [1.165, 1.54) is 13.8 Å². The number of carbonyl (C=O) groups is 1. The Morgan fingerprint density at radius 2 is 1.94 bits per heavy atom. The van der Waals surface area contributed by atoms with Crippen LogP contribution in [0.25, 0.3) is 0 Å². The van der Waals surface area contributed by atoms with Gasteiger partial charge >= 0.3 is 12.1 Å². The zero-order chi connectivity index (χ0) is 12.8. The van der Waals surface area contributed by atoms with E-state index in [0.29, 0.717) is 0 Å². The minimum atomic E-state index is -4.38. The Morgan fingerprint density at radius 3 is 2.31 bits per heavy atom. The second-order valence-electron chi connectivity index (χ2n) is 3.23. The number of ether oxygens (including phenoxy) is 2. The smallest absolute Gasteiger partial charge is 0.414 e. The third-order valence-corrected chi connectivity index (χ3v) is 1.72. The van der Waals surface area contributed by atoms with E-state index in [-0.39, 0.29) is 25.2 Å². The van der Waals surface area contributed by atoms with Gasteiger partial charge in [-0.3, -0.25) is 0 Å². The summed E-state index contributed by atoms with van der Waals surface area (Å²) in [5, 5.41) is 0. The van der Waals surface area contributed by atoms with E-state index in [2.05, 4.69) is 16.1 Å². The zero-order valence-electron chi connectivity index (χ0n) is 9.26. The summed E-state index contributed by atoms with van der Waals surface area (Å²) in [6.07, 6.45) is -6.36. The molecular formula is C10H15F3O3. The highest BCUT2D eigenvalue weighted by Gasteiger charge is 2.39. The fourth-order valence-corrected chi connectivity index (χ4v) is 0.892. The van der Waals surface area contributed by atoms with Crippen molar-refractivity contribution >= 4 is 5.97 Å². The maximum atomic E-state index is 12.2. The molecule has 0 N–H and O–H groups in total. The van der Waals surface area contributed by atoms with Gasteiger partial charge in [0.25, 0.3) is 0 Å². The molecule has 0 aromatic heterocycles. The van der Waals surface area contributed by atoms with Crippen LogP contribution in [-0.4, -0.2) is 31.5 Å². The predicted molar refractivity (Wildman–Crippen MR) is 51.9 cm³/mol. The van der Waals surface area contributed by atoms with Crippen LogP contribution in [-0.2, 0) is 14.3 Å². The first-order valence-electron chi connectivity index (χ1n) is 4.80. The van der Waals surface area contributed by atoms with Gasteiger partial charge < -0.3 is 9.47 Å². The van der Waals surface area contributed by atoms with E-state index in [4.69, 9.17) is 0 Å². The molecule has 1 unspecified atom stereocenters. The molecule has 3 nitrogen and oxygen atoms in total. The van der Waals surface area contributed by atoms with Crippen LogP contribution < -0.4 is 0 Å². The Labute approximate surface area is 92.2 Å².